The van der Waals surface area contributed by atoms with Crippen LogP contribution in [0.1, 0.15) is 114 Å². The van der Waals surface area contributed by atoms with E-state index < -0.39 is 22.0 Å². The van der Waals surface area contributed by atoms with E-state index in [1.807, 2.05) is 12.1 Å². The summed E-state index contributed by atoms with van der Waals surface area (Å²) in [6, 6.07) is 36.7. The van der Waals surface area contributed by atoms with Crippen LogP contribution >= 0.6 is 0 Å². The second-order valence-electron chi connectivity index (χ2n) is 14.2. The normalized spacial score (nSPS) is 11.4. The molecule has 3 nitrogen and oxygen atoms in total. The number of amides is 1. The van der Waals surface area contributed by atoms with Crippen molar-refractivity contribution in [3.05, 3.63) is 153 Å². The van der Waals surface area contributed by atoms with Crippen molar-refractivity contribution in [2.75, 3.05) is 2.84 Å². The second kappa shape index (κ2) is 15.7. The Balaban J connectivity index is 1.70. The standard InChI is InChI=1S/C30H38N2O.2C7H7.Zr/c1-17(2)23-15-24(18(3)4)28(25(16-23)19(5)6)26-11-10-12-27(31-26)30(33)32-29-21(8)13-20(7)14-22(29)9;2*1-7-5-3-2-4-6-7;/h10-19H,1-9H3,(H,32,33);2*2-6H,1H2;/q;;;+1/p-1. The first-order chi connectivity index (χ1) is 22.9. The summed E-state index contributed by atoms with van der Waals surface area (Å²) in [7, 11) is 0. The first kappa shape index (κ1) is 35.7. The Bertz CT molecular complexity index is 1770. The molecule has 0 spiro atoms. The zero-order valence-corrected chi connectivity index (χ0v) is 32.7. The van der Waals surface area contributed by atoms with Crippen LogP contribution in [0, 0.1) is 20.8 Å². The van der Waals surface area contributed by atoms with E-state index in [1.54, 1.807) is 0 Å². The van der Waals surface area contributed by atoms with Gasteiger partial charge in [0.1, 0.15) is 0 Å². The average molecular weight is 715 g/mol. The average Bonchev–Trinajstić information content (AvgIpc) is 3.06. The van der Waals surface area contributed by atoms with Crippen molar-refractivity contribution in [2.45, 2.75) is 88.3 Å². The van der Waals surface area contributed by atoms with E-state index >= 15 is 4.79 Å². The molecular formula is C44H51N2OZr. The molecule has 0 saturated heterocycles. The van der Waals surface area contributed by atoms with E-state index in [1.165, 1.54) is 38.9 Å². The van der Waals surface area contributed by atoms with Gasteiger partial charge in [0.25, 0.3) is 0 Å². The van der Waals surface area contributed by atoms with Crippen LogP contribution in [0.4, 0.5) is 5.69 Å². The number of carbonyl (C=O) groups excluding carboxylic acids is 1. The molecule has 48 heavy (non-hydrogen) atoms. The molecule has 5 rings (SSSR count). The Morgan fingerprint density at radius 3 is 1.60 bits per heavy atom. The molecule has 0 unspecified atom stereocenters. The molecule has 0 aliphatic heterocycles. The molecule has 1 heterocycles. The molecular weight excluding hydrogens is 664 g/mol. The first-order valence-electron chi connectivity index (χ1n) is 17.4. The number of anilines is 1. The van der Waals surface area contributed by atoms with E-state index in [2.05, 4.69) is 156 Å². The van der Waals surface area contributed by atoms with Crippen LogP contribution in [0.2, 0.25) is 0 Å². The number of carbonyl (C=O) groups is 1. The molecule has 1 amide bonds. The van der Waals surface area contributed by atoms with Crippen molar-refractivity contribution >= 4 is 11.6 Å². The monoisotopic (exact) mass is 713 g/mol. The van der Waals surface area contributed by atoms with Crippen LogP contribution in [-0.4, -0.2) is 10.9 Å². The minimum atomic E-state index is -2.84. The summed E-state index contributed by atoms with van der Waals surface area (Å²) < 4.78 is 4.09. The van der Waals surface area contributed by atoms with Gasteiger partial charge in [-0.15, -0.1) is 0 Å². The molecule has 4 heteroatoms. The van der Waals surface area contributed by atoms with Crippen LogP contribution < -0.4 is 2.84 Å². The summed E-state index contributed by atoms with van der Waals surface area (Å²) in [4.78, 5) is 20.5. The van der Waals surface area contributed by atoms with Gasteiger partial charge < -0.3 is 0 Å². The van der Waals surface area contributed by atoms with Crippen LogP contribution in [0.5, 0.6) is 0 Å². The summed E-state index contributed by atoms with van der Waals surface area (Å²) in [5.74, 6) is 1.10. The van der Waals surface area contributed by atoms with E-state index in [0.717, 1.165) is 30.8 Å². The molecule has 4 aromatic carbocycles. The minimum absolute atomic E-state index is 0.0177. The molecule has 0 atom stereocenters. The number of nitrogens with zero attached hydrogens (tertiary/aromatic N) is 2. The SMILES string of the molecule is Cc1cc(C)c([N](C(=O)c2cccc(-c3c(C(C)C)cc(C(C)C)cc3C(C)C)n2)[Zr]([CH2]c2ccccc2)[CH2]c2ccccc2)c(C)c1. The number of rotatable bonds is 11. The van der Waals surface area contributed by atoms with Gasteiger partial charge in [-0.25, -0.2) is 0 Å². The van der Waals surface area contributed by atoms with Gasteiger partial charge in [-0.3, -0.25) is 0 Å². The van der Waals surface area contributed by atoms with Gasteiger partial charge >= 0.3 is 299 Å². The van der Waals surface area contributed by atoms with Crippen molar-refractivity contribution in [1.82, 2.24) is 4.98 Å². The fourth-order valence-electron chi connectivity index (χ4n) is 6.87. The molecule has 5 aromatic rings. The van der Waals surface area contributed by atoms with Gasteiger partial charge in [-0.2, -0.15) is 0 Å². The van der Waals surface area contributed by atoms with Gasteiger partial charge in [0.15, 0.2) is 0 Å². The molecule has 0 radical (unpaired) electrons. The number of pyridine rings is 1. The molecule has 0 fully saturated rings. The quantitative estimate of drug-likeness (QED) is 0.136. The molecule has 0 N–H and O–H groups in total. The van der Waals surface area contributed by atoms with Crippen LogP contribution in [0.25, 0.3) is 11.3 Å². The Labute approximate surface area is 297 Å². The van der Waals surface area contributed by atoms with Gasteiger partial charge in [-0.05, 0) is 0 Å². The summed E-state index contributed by atoms with van der Waals surface area (Å²) in [6.07, 6.45) is 0. The number of aryl methyl sites for hydroxylation is 3. The molecule has 0 saturated carbocycles. The fraction of sp³-hybridized carbons (Fsp3) is 0.318. The first-order valence-corrected chi connectivity index (χ1v) is 22.0. The Hall–Kier alpha value is -3.62. The molecule has 0 bridgehead atoms. The summed E-state index contributed by atoms with van der Waals surface area (Å²) in [6.45, 7) is 20.0. The molecule has 0 aliphatic rings. The number of hydrogen-bond acceptors (Lipinski definition) is 2. The predicted octanol–water partition coefficient (Wildman–Crippen LogP) is 11.6. The zero-order valence-electron chi connectivity index (χ0n) is 30.3. The maximum atomic E-state index is 15.2. The van der Waals surface area contributed by atoms with E-state index in [9.17, 15) is 0 Å². The van der Waals surface area contributed by atoms with Gasteiger partial charge in [0, 0.05) is 0 Å². The van der Waals surface area contributed by atoms with Crippen molar-refractivity contribution in [3.8, 4) is 11.3 Å². The summed E-state index contributed by atoms with van der Waals surface area (Å²) >= 11 is -2.84. The van der Waals surface area contributed by atoms with Crippen molar-refractivity contribution in [1.29, 1.82) is 0 Å². The summed E-state index contributed by atoms with van der Waals surface area (Å²) in [5.41, 5.74) is 13.7. The Kier molecular flexibility index (Phi) is 11.7. The van der Waals surface area contributed by atoms with Crippen molar-refractivity contribution in [3.63, 3.8) is 0 Å². The van der Waals surface area contributed by atoms with Gasteiger partial charge in [0.2, 0.25) is 0 Å². The number of hydrogen-bond donors (Lipinski definition) is 0. The van der Waals surface area contributed by atoms with Crippen LogP contribution in [-0.2, 0) is 30.3 Å². The molecule has 1 aromatic heterocycles. The predicted molar refractivity (Wildman–Crippen MR) is 200 cm³/mol. The zero-order chi connectivity index (χ0) is 34.5. The second-order valence-corrected chi connectivity index (χ2v) is 19.8. The molecule has 0 aliphatic carbocycles. The summed E-state index contributed by atoms with van der Waals surface area (Å²) in [5, 5.41) is 0. The third-order valence-electron chi connectivity index (χ3n) is 9.24. The van der Waals surface area contributed by atoms with E-state index in [4.69, 9.17) is 4.98 Å². The van der Waals surface area contributed by atoms with Crippen LogP contribution in [0.3, 0.4) is 0 Å². The van der Waals surface area contributed by atoms with Gasteiger partial charge in [-0.1, -0.05) is 0 Å². The molecule has 247 valence electrons. The maximum absolute atomic E-state index is 15.2. The van der Waals surface area contributed by atoms with Crippen molar-refractivity contribution in [2.24, 2.45) is 0 Å². The van der Waals surface area contributed by atoms with Crippen molar-refractivity contribution < 1.29 is 26.8 Å². The number of benzene rings is 4. The Morgan fingerprint density at radius 1 is 0.646 bits per heavy atom. The van der Waals surface area contributed by atoms with Gasteiger partial charge in [0.05, 0.1) is 0 Å². The number of aromatic nitrogens is 1. The fourth-order valence-corrected chi connectivity index (χ4v) is 14.1. The Morgan fingerprint density at radius 2 is 1.15 bits per heavy atom. The van der Waals surface area contributed by atoms with E-state index in [-0.39, 0.29) is 5.91 Å². The third-order valence-corrected chi connectivity index (χ3v) is 15.9. The topological polar surface area (TPSA) is 33.2 Å². The van der Waals surface area contributed by atoms with Crippen LogP contribution in [0.15, 0.2) is 103 Å². The third kappa shape index (κ3) is 8.15. The van der Waals surface area contributed by atoms with E-state index in [0.29, 0.717) is 23.4 Å².